The van der Waals surface area contributed by atoms with Crippen molar-refractivity contribution in [1.29, 1.82) is 0 Å². The van der Waals surface area contributed by atoms with Crippen molar-refractivity contribution in [2.24, 2.45) is 11.6 Å². The fourth-order valence-corrected chi connectivity index (χ4v) is 1.35. The van der Waals surface area contributed by atoms with Gasteiger partial charge >= 0.3 is 0 Å². The summed E-state index contributed by atoms with van der Waals surface area (Å²) < 4.78 is 13.3. The van der Waals surface area contributed by atoms with Crippen molar-refractivity contribution in [3.63, 3.8) is 0 Å². The molecular weight excluding hydrogens is 221 g/mol. The lowest BCUT2D eigenvalue weighted by atomic mass is 10.0. The van der Waals surface area contributed by atoms with Crippen LogP contribution in [-0.4, -0.2) is 5.91 Å². The zero-order valence-corrected chi connectivity index (χ0v) is 8.59. The fourth-order valence-electron chi connectivity index (χ4n) is 1.17. The van der Waals surface area contributed by atoms with Gasteiger partial charge in [-0.25, -0.2) is 10.2 Å². The lowest BCUT2D eigenvalue weighted by Gasteiger charge is -2.12. The van der Waals surface area contributed by atoms with Crippen LogP contribution in [-0.2, 0) is 4.79 Å². The number of rotatable bonds is 3. The molecule has 82 valence electrons. The smallest absolute Gasteiger partial charge is 0.235 e. The van der Waals surface area contributed by atoms with Crippen molar-refractivity contribution in [1.82, 2.24) is 5.43 Å². The minimum absolute atomic E-state index is 0.0895. The van der Waals surface area contributed by atoms with Crippen LogP contribution in [0.3, 0.4) is 0 Å². The summed E-state index contributed by atoms with van der Waals surface area (Å²) >= 11 is 5.68. The first-order valence-electron chi connectivity index (χ1n) is 4.24. The van der Waals surface area contributed by atoms with Gasteiger partial charge in [0.05, 0.1) is 0 Å². The van der Waals surface area contributed by atoms with Gasteiger partial charge in [-0.3, -0.25) is 10.2 Å². The van der Waals surface area contributed by atoms with Gasteiger partial charge in [-0.2, -0.15) is 0 Å². The van der Waals surface area contributed by atoms with E-state index in [4.69, 9.17) is 23.2 Å². The molecule has 5 N–H and O–H groups in total. The molecule has 1 unspecified atom stereocenters. The Kier molecular flexibility index (Phi) is 4.02. The van der Waals surface area contributed by atoms with Crippen LogP contribution in [0.1, 0.15) is 18.0 Å². The fraction of sp³-hybridized carbons (Fsp3) is 0.222. The van der Waals surface area contributed by atoms with Crippen molar-refractivity contribution in [2.45, 2.75) is 12.5 Å². The van der Waals surface area contributed by atoms with Gasteiger partial charge in [0.25, 0.3) is 0 Å². The molecule has 15 heavy (non-hydrogen) atoms. The van der Waals surface area contributed by atoms with Crippen LogP contribution >= 0.6 is 11.6 Å². The van der Waals surface area contributed by atoms with E-state index in [1.807, 2.05) is 5.43 Å². The highest BCUT2D eigenvalue weighted by Gasteiger charge is 2.15. The molecule has 0 aliphatic carbocycles. The number of hydrogen-bond acceptors (Lipinski definition) is 3. The zero-order chi connectivity index (χ0) is 11.4. The van der Waals surface area contributed by atoms with Crippen LogP contribution in [0.15, 0.2) is 18.2 Å². The molecule has 0 radical (unpaired) electrons. The predicted molar refractivity (Wildman–Crippen MR) is 55.3 cm³/mol. The molecule has 0 fully saturated rings. The van der Waals surface area contributed by atoms with E-state index >= 15 is 0 Å². The highest BCUT2D eigenvalue weighted by Crippen LogP contribution is 2.21. The number of nitrogens with two attached hydrogens (primary N) is 2. The van der Waals surface area contributed by atoms with Crippen molar-refractivity contribution in [3.05, 3.63) is 34.6 Å². The molecule has 1 rings (SSSR count). The maximum Gasteiger partial charge on any atom is 0.235 e. The standard InChI is InChI=1S/C9H11ClFN3O/c10-5-1-2-7(11)6(3-5)8(12)4-9(15)14-13/h1-3,8H,4,12-13H2,(H,14,15). The molecule has 0 bridgehead atoms. The second kappa shape index (κ2) is 5.06. The number of hydrogen-bond donors (Lipinski definition) is 3. The molecule has 0 aliphatic heterocycles. The molecule has 1 aromatic carbocycles. The van der Waals surface area contributed by atoms with Crippen molar-refractivity contribution in [3.8, 4) is 0 Å². The molecule has 4 nitrogen and oxygen atoms in total. The van der Waals surface area contributed by atoms with Gasteiger partial charge in [-0.1, -0.05) is 11.6 Å². The van der Waals surface area contributed by atoms with Gasteiger partial charge < -0.3 is 5.73 Å². The molecule has 1 atom stereocenters. The zero-order valence-electron chi connectivity index (χ0n) is 7.84. The van der Waals surface area contributed by atoms with E-state index in [1.165, 1.54) is 18.2 Å². The minimum Gasteiger partial charge on any atom is -0.323 e. The van der Waals surface area contributed by atoms with Crippen LogP contribution < -0.4 is 17.0 Å². The minimum atomic E-state index is -0.757. The van der Waals surface area contributed by atoms with E-state index in [0.717, 1.165) is 0 Å². The highest BCUT2D eigenvalue weighted by atomic mass is 35.5. The van der Waals surface area contributed by atoms with Crippen LogP contribution in [0.5, 0.6) is 0 Å². The second-order valence-corrected chi connectivity index (χ2v) is 3.48. The average molecular weight is 232 g/mol. The lowest BCUT2D eigenvalue weighted by Crippen LogP contribution is -2.32. The number of benzene rings is 1. The van der Waals surface area contributed by atoms with Gasteiger partial charge in [0.1, 0.15) is 5.82 Å². The summed E-state index contributed by atoms with van der Waals surface area (Å²) in [5.74, 6) is 3.95. The van der Waals surface area contributed by atoms with E-state index in [9.17, 15) is 9.18 Å². The SMILES string of the molecule is NNC(=O)CC(N)c1cc(Cl)ccc1F. The Morgan fingerprint density at radius 2 is 2.27 bits per heavy atom. The summed E-state index contributed by atoms with van der Waals surface area (Å²) in [4.78, 5) is 10.9. The molecule has 0 aromatic heterocycles. The quantitative estimate of drug-likeness (QED) is 0.410. The number of amides is 1. The Hall–Kier alpha value is -1.17. The van der Waals surface area contributed by atoms with Gasteiger partial charge in [-0.05, 0) is 18.2 Å². The van der Waals surface area contributed by atoms with E-state index in [2.05, 4.69) is 0 Å². The third kappa shape index (κ3) is 3.16. The number of halogens is 2. The Morgan fingerprint density at radius 3 is 2.87 bits per heavy atom. The molecule has 0 heterocycles. The summed E-state index contributed by atoms with van der Waals surface area (Å²) in [6.45, 7) is 0. The number of carbonyl (C=O) groups excluding carboxylic acids is 1. The van der Waals surface area contributed by atoms with Gasteiger partial charge in [0, 0.05) is 23.0 Å². The normalized spacial score (nSPS) is 12.3. The molecule has 6 heteroatoms. The molecule has 0 saturated carbocycles. The first kappa shape index (κ1) is 11.9. The number of nitrogens with one attached hydrogen (secondary N) is 1. The van der Waals surface area contributed by atoms with Crippen molar-refractivity contribution in [2.75, 3.05) is 0 Å². The van der Waals surface area contributed by atoms with E-state index in [-0.39, 0.29) is 12.0 Å². The average Bonchev–Trinajstić information content (AvgIpc) is 2.21. The summed E-state index contributed by atoms with van der Waals surface area (Å²) in [5, 5.41) is 0.370. The largest absolute Gasteiger partial charge is 0.323 e. The number of hydrazine groups is 1. The summed E-state index contributed by atoms with van der Waals surface area (Å²) in [6, 6.07) is 3.26. The van der Waals surface area contributed by atoms with E-state index in [1.54, 1.807) is 0 Å². The Labute approximate surface area is 91.4 Å². The Morgan fingerprint density at radius 1 is 1.60 bits per heavy atom. The molecule has 0 aliphatic rings. The first-order valence-corrected chi connectivity index (χ1v) is 4.62. The lowest BCUT2D eigenvalue weighted by molar-refractivity contribution is -0.121. The Bertz CT molecular complexity index is 372. The summed E-state index contributed by atoms with van der Waals surface area (Å²) in [5.41, 5.74) is 7.75. The van der Waals surface area contributed by atoms with Crippen LogP contribution in [0.4, 0.5) is 4.39 Å². The third-order valence-electron chi connectivity index (χ3n) is 1.92. The number of carbonyl (C=O) groups is 1. The topological polar surface area (TPSA) is 81.1 Å². The molecular formula is C9H11ClFN3O. The van der Waals surface area contributed by atoms with Gasteiger partial charge in [0.15, 0.2) is 0 Å². The van der Waals surface area contributed by atoms with Crippen molar-refractivity contribution >= 4 is 17.5 Å². The van der Waals surface area contributed by atoms with Gasteiger partial charge in [-0.15, -0.1) is 0 Å². The Balaban J connectivity index is 2.85. The third-order valence-corrected chi connectivity index (χ3v) is 2.16. The predicted octanol–water partition coefficient (Wildman–Crippen LogP) is 0.859. The maximum absolute atomic E-state index is 13.3. The molecule has 1 amide bonds. The van der Waals surface area contributed by atoms with E-state index in [0.29, 0.717) is 5.02 Å². The molecule has 1 aromatic rings. The van der Waals surface area contributed by atoms with Crippen LogP contribution in [0, 0.1) is 5.82 Å². The van der Waals surface area contributed by atoms with Gasteiger partial charge in [0.2, 0.25) is 5.91 Å². The molecule has 0 saturated heterocycles. The second-order valence-electron chi connectivity index (χ2n) is 3.04. The molecule has 0 spiro atoms. The van der Waals surface area contributed by atoms with Crippen molar-refractivity contribution < 1.29 is 9.18 Å². The van der Waals surface area contributed by atoms with Crippen LogP contribution in [0.2, 0.25) is 5.02 Å². The maximum atomic E-state index is 13.3. The first-order chi connectivity index (χ1) is 7.04. The monoisotopic (exact) mass is 231 g/mol. The highest BCUT2D eigenvalue weighted by molar-refractivity contribution is 6.30. The summed E-state index contributed by atoms with van der Waals surface area (Å²) in [6.07, 6.45) is -0.0895. The summed E-state index contributed by atoms with van der Waals surface area (Å²) in [7, 11) is 0. The van der Waals surface area contributed by atoms with Crippen LogP contribution in [0.25, 0.3) is 0 Å². The van der Waals surface area contributed by atoms with E-state index < -0.39 is 17.8 Å².